The average Bonchev–Trinajstić information content (AvgIpc) is 3.09. The van der Waals surface area contributed by atoms with Crippen molar-refractivity contribution >= 4 is 12.2 Å². The Hall–Kier alpha value is -2.27. The molecule has 2 heterocycles. The van der Waals surface area contributed by atoms with Crippen LogP contribution in [0.5, 0.6) is 5.75 Å². The molecule has 24 heavy (non-hydrogen) atoms. The smallest absolute Gasteiger partial charge is 0.443 e. The molecule has 0 aliphatic carbocycles. The van der Waals surface area contributed by atoms with Crippen LogP contribution in [-0.2, 0) is 0 Å². The number of hydrogen-bond acceptors (Lipinski definition) is 5. The molecule has 1 aromatic rings. The van der Waals surface area contributed by atoms with E-state index in [1.54, 1.807) is 7.11 Å². The average molecular weight is 328 g/mol. The summed E-state index contributed by atoms with van der Waals surface area (Å²) in [5.41, 5.74) is 10.3. The van der Waals surface area contributed by atoms with E-state index in [-0.39, 0.29) is 6.04 Å². The normalized spacial score (nSPS) is 23.0. The molecule has 1 saturated heterocycles. The van der Waals surface area contributed by atoms with E-state index in [0.717, 1.165) is 31.2 Å². The topological polar surface area (TPSA) is 71.5 Å². The molecule has 2 unspecified atom stereocenters. The molecule has 6 nitrogen and oxygen atoms in total. The lowest BCUT2D eigenvalue weighted by Crippen LogP contribution is -2.44. The minimum Gasteiger partial charge on any atom is -0.497 e. The third-order valence-electron chi connectivity index (χ3n) is 4.59. The zero-order valence-corrected chi connectivity index (χ0v) is 14.5. The Balaban J connectivity index is 1.61. The summed E-state index contributed by atoms with van der Waals surface area (Å²) < 4.78 is 9.68. The standard InChI is InChI=1S/C18H25N5O/c1-4-16-12(2)9-19-18(22-16)20-10-14-11-21-23-17(14)13-5-7-15(24-3)8-6-13/h5-9,14,17,21,23H,4,10-11H2,1-3H3,(H,19,20,22)/p+1. The monoisotopic (exact) mass is 328 g/mol. The fourth-order valence-corrected chi connectivity index (χ4v) is 3.09. The highest BCUT2D eigenvalue weighted by Crippen LogP contribution is 2.26. The first kappa shape index (κ1) is 16.6. The van der Waals surface area contributed by atoms with Crippen molar-refractivity contribution in [2.24, 2.45) is 5.92 Å². The van der Waals surface area contributed by atoms with Gasteiger partial charge in [-0.2, -0.15) is 0 Å². The van der Waals surface area contributed by atoms with Crippen LogP contribution in [0.1, 0.15) is 31.9 Å². The third-order valence-corrected chi connectivity index (χ3v) is 4.59. The number of benzene rings is 1. The molecule has 2 aliphatic heterocycles. The first-order valence-corrected chi connectivity index (χ1v) is 8.45. The fourth-order valence-electron chi connectivity index (χ4n) is 3.09. The summed E-state index contributed by atoms with van der Waals surface area (Å²) in [6, 6.07) is 8.49. The number of methoxy groups -OCH3 is 1. The molecule has 0 amide bonds. The summed E-state index contributed by atoms with van der Waals surface area (Å²) in [5.74, 6) is 2.14. The summed E-state index contributed by atoms with van der Waals surface area (Å²) in [5, 5.41) is 6.82. The number of hydrogen-bond donors (Lipinski definition) is 4. The highest BCUT2D eigenvalue weighted by molar-refractivity contribution is 5.91. The Labute approximate surface area is 143 Å². The number of nitrogens with one attached hydrogen (secondary N) is 4. The van der Waals surface area contributed by atoms with E-state index in [1.165, 1.54) is 16.8 Å². The summed E-state index contributed by atoms with van der Waals surface area (Å²) in [6.45, 7) is 5.98. The van der Waals surface area contributed by atoms with Crippen LogP contribution in [0, 0.1) is 5.92 Å². The van der Waals surface area contributed by atoms with Crippen molar-refractivity contribution in [3.05, 3.63) is 41.1 Å². The Bertz CT molecular complexity index is 673. The molecule has 1 fully saturated rings. The van der Waals surface area contributed by atoms with Crippen LogP contribution in [0.3, 0.4) is 0 Å². The highest BCUT2D eigenvalue weighted by Gasteiger charge is 2.30. The van der Waals surface area contributed by atoms with Crippen LogP contribution in [0.15, 0.2) is 35.5 Å². The van der Waals surface area contributed by atoms with Gasteiger partial charge in [0.05, 0.1) is 25.4 Å². The number of hydrazine groups is 1. The van der Waals surface area contributed by atoms with Gasteiger partial charge in [0.2, 0.25) is 0 Å². The Morgan fingerprint density at radius 1 is 1.29 bits per heavy atom. The molecule has 6 heteroatoms. The predicted molar refractivity (Wildman–Crippen MR) is 97.7 cm³/mol. The molecular formula is C18H26N5O+. The van der Waals surface area contributed by atoms with Gasteiger partial charge in [-0.1, -0.05) is 19.1 Å². The fraction of sp³-hybridized carbons (Fsp3) is 0.444. The highest BCUT2D eigenvalue weighted by atomic mass is 16.5. The van der Waals surface area contributed by atoms with Gasteiger partial charge < -0.3 is 4.74 Å². The van der Waals surface area contributed by atoms with Gasteiger partial charge in [-0.25, -0.2) is 15.4 Å². The lowest BCUT2D eigenvalue weighted by atomic mass is 9.95. The minimum atomic E-state index is 0.263. The van der Waals surface area contributed by atoms with Crippen molar-refractivity contribution < 1.29 is 4.74 Å². The molecule has 0 saturated carbocycles. The molecule has 0 spiro atoms. The van der Waals surface area contributed by atoms with E-state index in [1.807, 2.05) is 18.3 Å². The van der Waals surface area contributed by atoms with E-state index < -0.39 is 0 Å². The maximum atomic E-state index is 5.23. The van der Waals surface area contributed by atoms with Crippen LogP contribution < -0.4 is 30.9 Å². The van der Waals surface area contributed by atoms with Gasteiger partial charge in [0.25, 0.3) is 0 Å². The molecule has 128 valence electrons. The van der Waals surface area contributed by atoms with Gasteiger partial charge in [0, 0.05) is 18.0 Å². The van der Waals surface area contributed by atoms with E-state index in [9.17, 15) is 0 Å². The maximum absolute atomic E-state index is 5.23. The van der Waals surface area contributed by atoms with Crippen LogP contribution in [0.4, 0.5) is 0 Å². The van der Waals surface area contributed by atoms with Crippen molar-refractivity contribution in [3.8, 4) is 5.75 Å². The molecule has 0 aromatic heterocycles. The Kier molecular flexibility index (Phi) is 5.20. The van der Waals surface area contributed by atoms with E-state index in [2.05, 4.69) is 52.1 Å². The van der Waals surface area contributed by atoms with Gasteiger partial charge in [-0.15, -0.1) is 0 Å². The first-order valence-electron chi connectivity index (χ1n) is 8.45. The van der Waals surface area contributed by atoms with Crippen LogP contribution in [0.2, 0.25) is 0 Å². The molecule has 0 radical (unpaired) electrons. The van der Waals surface area contributed by atoms with Crippen molar-refractivity contribution in [3.63, 3.8) is 0 Å². The largest absolute Gasteiger partial charge is 0.497 e. The lowest BCUT2D eigenvalue weighted by Gasteiger charge is -2.18. The Morgan fingerprint density at radius 2 is 2.08 bits per heavy atom. The minimum absolute atomic E-state index is 0.263. The zero-order chi connectivity index (χ0) is 16.9. The number of rotatable bonds is 5. The van der Waals surface area contributed by atoms with Crippen LogP contribution in [0.25, 0.3) is 0 Å². The summed E-state index contributed by atoms with van der Waals surface area (Å²) in [6.07, 6.45) is 2.90. The van der Waals surface area contributed by atoms with Crippen molar-refractivity contribution in [2.45, 2.75) is 26.3 Å². The van der Waals surface area contributed by atoms with Gasteiger partial charge in [-0.05, 0) is 31.0 Å². The molecule has 2 atom stereocenters. The van der Waals surface area contributed by atoms with Gasteiger partial charge >= 0.3 is 5.96 Å². The molecule has 0 bridgehead atoms. The first-order chi connectivity index (χ1) is 11.7. The molecular weight excluding hydrogens is 302 g/mol. The maximum Gasteiger partial charge on any atom is 0.443 e. The van der Waals surface area contributed by atoms with Gasteiger partial charge in [0.1, 0.15) is 5.75 Å². The lowest BCUT2D eigenvalue weighted by molar-refractivity contribution is 0.413. The summed E-state index contributed by atoms with van der Waals surface area (Å²) in [4.78, 5) is 0. The quantitative estimate of drug-likeness (QED) is 0.603. The Morgan fingerprint density at radius 3 is 2.79 bits per heavy atom. The number of allylic oxidation sites excluding steroid dienone is 2. The molecule has 2 aliphatic rings. The predicted octanol–water partition coefficient (Wildman–Crippen LogP) is 0.831. The summed E-state index contributed by atoms with van der Waals surface area (Å²) in [7, 11) is 1.69. The molecule has 3 rings (SSSR count). The molecule has 1 aromatic carbocycles. The second-order valence-electron chi connectivity index (χ2n) is 6.16. The van der Waals surface area contributed by atoms with Crippen LogP contribution in [-0.4, -0.2) is 32.4 Å². The second kappa shape index (κ2) is 7.53. The van der Waals surface area contributed by atoms with Gasteiger partial charge in [0.15, 0.2) is 6.21 Å². The molecule has 4 N–H and O–H groups in total. The van der Waals surface area contributed by atoms with Crippen LogP contribution >= 0.6 is 0 Å². The van der Waals surface area contributed by atoms with Crippen molar-refractivity contribution in [1.82, 2.24) is 26.2 Å². The van der Waals surface area contributed by atoms with Crippen molar-refractivity contribution in [2.75, 3.05) is 20.2 Å². The number of ether oxygens (including phenoxy) is 1. The summed E-state index contributed by atoms with van der Waals surface area (Å²) >= 11 is 0. The second-order valence-corrected chi connectivity index (χ2v) is 6.16. The SMILES string of the molecule is CCC1=C(C)C=[N+]=C(NCC2CNNC2c2ccc(OC)cc2)N1. The van der Waals surface area contributed by atoms with E-state index in [4.69, 9.17) is 4.74 Å². The zero-order valence-electron chi connectivity index (χ0n) is 14.5. The van der Waals surface area contributed by atoms with Crippen molar-refractivity contribution in [1.29, 1.82) is 0 Å². The number of nitrogens with zero attached hydrogens (tertiary/aromatic N) is 1. The van der Waals surface area contributed by atoms with E-state index >= 15 is 0 Å². The van der Waals surface area contributed by atoms with E-state index in [0.29, 0.717) is 5.92 Å². The van der Waals surface area contributed by atoms with Gasteiger partial charge in [-0.3, -0.25) is 10.7 Å². The third kappa shape index (κ3) is 3.62. The number of guanidine groups is 1.